The van der Waals surface area contributed by atoms with Crippen molar-refractivity contribution in [3.63, 3.8) is 0 Å². The number of anilines is 2. The molecular weight excluding hydrogens is 304 g/mol. The number of nitro benzene ring substituents is 1. The molecule has 8 heteroatoms. The van der Waals surface area contributed by atoms with E-state index in [4.69, 9.17) is 4.74 Å². The number of nitro groups is 1. The third-order valence-corrected chi connectivity index (χ3v) is 3.72. The molecule has 0 aliphatic heterocycles. The highest BCUT2D eigenvalue weighted by atomic mass is 32.1. The smallest absolute Gasteiger partial charge is 0.312 e. The largest absolute Gasteiger partial charge is 0.490 e. The average molecular weight is 322 g/mol. The van der Waals surface area contributed by atoms with Gasteiger partial charge < -0.3 is 15.4 Å². The molecule has 0 saturated carbocycles. The molecule has 2 N–H and O–H groups in total. The van der Waals surface area contributed by atoms with Crippen molar-refractivity contribution in [3.05, 3.63) is 39.4 Å². The molecular formula is C14H18N4O3S. The second kappa shape index (κ2) is 7.71. The highest BCUT2D eigenvalue weighted by Gasteiger charge is 2.15. The first-order chi connectivity index (χ1) is 10.6. The van der Waals surface area contributed by atoms with Gasteiger partial charge in [-0.1, -0.05) is 6.92 Å². The van der Waals surface area contributed by atoms with Gasteiger partial charge in [0.15, 0.2) is 10.9 Å². The monoisotopic (exact) mass is 322 g/mol. The Morgan fingerprint density at radius 2 is 2.27 bits per heavy atom. The van der Waals surface area contributed by atoms with Gasteiger partial charge >= 0.3 is 5.69 Å². The first kappa shape index (κ1) is 16.2. The molecule has 0 aliphatic carbocycles. The topological polar surface area (TPSA) is 89.3 Å². The third-order valence-electron chi connectivity index (χ3n) is 2.91. The molecule has 0 fully saturated rings. The molecule has 1 aromatic heterocycles. The summed E-state index contributed by atoms with van der Waals surface area (Å²) >= 11 is 1.46. The number of nitrogens with zero attached hydrogens (tertiary/aromatic N) is 2. The zero-order valence-electron chi connectivity index (χ0n) is 12.5. The molecule has 1 aromatic carbocycles. The summed E-state index contributed by atoms with van der Waals surface area (Å²) in [5.41, 5.74) is 1.48. The summed E-state index contributed by atoms with van der Waals surface area (Å²) in [6.45, 7) is 3.78. The Labute approximate surface area is 132 Å². The van der Waals surface area contributed by atoms with E-state index in [1.54, 1.807) is 12.1 Å². The summed E-state index contributed by atoms with van der Waals surface area (Å²) in [5.74, 6) is 0.235. The van der Waals surface area contributed by atoms with Crippen LogP contribution < -0.4 is 15.4 Å². The number of hydrogen-bond donors (Lipinski definition) is 2. The lowest BCUT2D eigenvalue weighted by Gasteiger charge is -2.05. The first-order valence-electron chi connectivity index (χ1n) is 6.88. The van der Waals surface area contributed by atoms with Crippen LogP contribution in [0.5, 0.6) is 5.75 Å². The Balaban J connectivity index is 2.07. The summed E-state index contributed by atoms with van der Waals surface area (Å²) in [7, 11) is 1.41. The predicted octanol–water partition coefficient (Wildman–Crippen LogP) is 3.30. The molecule has 118 valence electrons. The Bertz CT molecular complexity index is 645. The van der Waals surface area contributed by atoms with Crippen LogP contribution in [-0.4, -0.2) is 23.6 Å². The van der Waals surface area contributed by atoms with Crippen molar-refractivity contribution in [2.45, 2.75) is 19.9 Å². The van der Waals surface area contributed by atoms with Crippen molar-refractivity contribution in [1.29, 1.82) is 0 Å². The van der Waals surface area contributed by atoms with Gasteiger partial charge in [-0.2, -0.15) is 0 Å². The van der Waals surface area contributed by atoms with Crippen LogP contribution in [0, 0.1) is 10.1 Å². The molecule has 22 heavy (non-hydrogen) atoms. The van der Waals surface area contributed by atoms with Crippen LogP contribution in [0.4, 0.5) is 16.5 Å². The second-order valence-corrected chi connectivity index (χ2v) is 5.45. The van der Waals surface area contributed by atoms with Crippen LogP contribution in [-0.2, 0) is 6.54 Å². The number of benzene rings is 1. The van der Waals surface area contributed by atoms with Gasteiger partial charge in [-0.3, -0.25) is 10.1 Å². The van der Waals surface area contributed by atoms with Gasteiger partial charge in [-0.15, -0.1) is 11.3 Å². The standard InChI is InChI=1S/C14H18N4O3S/c1-3-6-15-8-11-9-22-14(17-11)16-10-4-5-13(21-2)12(7-10)18(19)20/h4-5,7,9,15H,3,6,8H2,1-2H3,(H,16,17). The van der Waals surface area contributed by atoms with E-state index in [1.165, 1.54) is 24.5 Å². The summed E-state index contributed by atoms with van der Waals surface area (Å²) in [6, 6.07) is 4.73. The molecule has 2 rings (SSSR count). The normalized spacial score (nSPS) is 10.5. The van der Waals surface area contributed by atoms with Gasteiger partial charge in [0.05, 0.1) is 17.7 Å². The van der Waals surface area contributed by atoms with E-state index in [9.17, 15) is 10.1 Å². The summed E-state index contributed by atoms with van der Waals surface area (Å²) in [5, 5.41) is 20.0. The van der Waals surface area contributed by atoms with Crippen LogP contribution in [0.2, 0.25) is 0 Å². The maximum atomic E-state index is 11.0. The fourth-order valence-electron chi connectivity index (χ4n) is 1.87. The lowest BCUT2D eigenvalue weighted by molar-refractivity contribution is -0.385. The molecule has 1 heterocycles. The average Bonchev–Trinajstić information content (AvgIpc) is 2.95. The van der Waals surface area contributed by atoms with Gasteiger partial charge in [0.25, 0.3) is 0 Å². The molecule has 0 spiro atoms. The number of thiazole rings is 1. The fourth-order valence-corrected chi connectivity index (χ4v) is 2.60. The summed E-state index contributed by atoms with van der Waals surface area (Å²) in [4.78, 5) is 15.0. The molecule has 0 saturated heterocycles. The van der Waals surface area contributed by atoms with Crippen molar-refractivity contribution in [1.82, 2.24) is 10.3 Å². The quantitative estimate of drug-likeness (QED) is 0.440. The van der Waals surface area contributed by atoms with Gasteiger partial charge in [0.2, 0.25) is 0 Å². The predicted molar refractivity (Wildman–Crippen MR) is 87.0 cm³/mol. The van der Waals surface area contributed by atoms with Crippen molar-refractivity contribution in [3.8, 4) is 5.75 Å². The highest BCUT2D eigenvalue weighted by Crippen LogP contribution is 2.31. The van der Waals surface area contributed by atoms with Crippen LogP contribution in [0.15, 0.2) is 23.6 Å². The SMILES string of the molecule is CCCNCc1csc(Nc2ccc(OC)c([N+](=O)[O-])c2)n1. The van der Waals surface area contributed by atoms with Crippen molar-refractivity contribution in [2.24, 2.45) is 0 Å². The molecule has 0 aliphatic rings. The zero-order chi connectivity index (χ0) is 15.9. The summed E-state index contributed by atoms with van der Waals surface area (Å²) < 4.78 is 4.98. The molecule has 7 nitrogen and oxygen atoms in total. The van der Waals surface area contributed by atoms with E-state index in [-0.39, 0.29) is 11.4 Å². The first-order valence-corrected chi connectivity index (χ1v) is 7.76. The van der Waals surface area contributed by atoms with E-state index < -0.39 is 4.92 Å². The number of hydrogen-bond acceptors (Lipinski definition) is 7. The Morgan fingerprint density at radius 3 is 2.95 bits per heavy atom. The zero-order valence-corrected chi connectivity index (χ0v) is 13.3. The van der Waals surface area contributed by atoms with Gasteiger partial charge in [0.1, 0.15) is 0 Å². The number of rotatable bonds is 8. The molecule has 0 radical (unpaired) electrons. The number of ether oxygens (including phenoxy) is 1. The lowest BCUT2D eigenvalue weighted by Crippen LogP contribution is -2.13. The molecule has 0 atom stereocenters. The minimum absolute atomic E-state index is 0.0751. The van der Waals surface area contributed by atoms with E-state index in [0.717, 1.165) is 25.2 Å². The Hall–Kier alpha value is -2.19. The number of nitrogens with one attached hydrogen (secondary N) is 2. The maximum absolute atomic E-state index is 11.0. The number of methoxy groups -OCH3 is 1. The van der Waals surface area contributed by atoms with Crippen molar-refractivity contribution in [2.75, 3.05) is 19.0 Å². The van der Waals surface area contributed by atoms with Crippen LogP contribution in [0.25, 0.3) is 0 Å². The van der Waals surface area contributed by atoms with E-state index in [0.29, 0.717) is 10.8 Å². The fraction of sp³-hybridized carbons (Fsp3) is 0.357. The minimum atomic E-state index is -0.466. The minimum Gasteiger partial charge on any atom is -0.490 e. The van der Waals surface area contributed by atoms with Crippen molar-refractivity contribution >= 4 is 27.8 Å². The van der Waals surface area contributed by atoms with Gasteiger partial charge in [-0.05, 0) is 25.1 Å². The Kier molecular flexibility index (Phi) is 5.68. The second-order valence-electron chi connectivity index (χ2n) is 4.59. The number of aromatic nitrogens is 1. The van der Waals surface area contributed by atoms with Gasteiger partial charge in [-0.25, -0.2) is 4.98 Å². The highest BCUT2D eigenvalue weighted by molar-refractivity contribution is 7.13. The molecule has 2 aromatic rings. The Morgan fingerprint density at radius 1 is 1.45 bits per heavy atom. The molecule has 0 bridgehead atoms. The molecule has 0 amide bonds. The van der Waals surface area contributed by atoms with Crippen LogP contribution in [0.1, 0.15) is 19.0 Å². The van der Waals surface area contributed by atoms with Gasteiger partial charge in [0, 0.05) is 23.7 Å². The maximum Gasteiger partial charge on any atom is 0.312 e. The van der Waals surface area contributed by atoms with E-state index >= 15 is 0 Å². The lowest BCUT2D eigenvalue weighted by atomic mass is 10.2. The van der Waals surface area contributed by atoms with E-state index in [2.05, 4.69) is 22.5 Å². The summed E-state index contributed by atoms with van der Waals surface area (Å²) in [6.07, 6.45) is 1.07. The van der Waals surface area contributed by atoms with E-state index in [1.807, 2.05) is 5.38 Å². The van der Waals surface area contributed by atoms with Crippen molar-refractivity contribution < 1.29 is 9.66 Å². The van der Waals surface area contributed by atoms with Crippen LogP contribution in [0.3, 0.4) is 0 Å². The third kappa shape index (κ3) is 4.15. The van der Waals surface area contributed by atoms with Crippen LogP contribution >= 0.6 is 11.3 Å². The molecule has 0 unspecified atom stereocenters.